The van der Waals surface area contributed by atoms with Crippen molar-refractivity contribution in [2.24, 2.45) is 0 Å². The van der Waals surface area contributed by atoms with E-state index in [0.717, 1.165) is 19.5 Å². The number of nitrogens with one attached hydrogen (secondary N) is 1. The molecule has 2 aliphatic rings. The molecule has 0 unspecified atom stereocenters. The Balaban J connectivity index is 1.84. The van der Waals surface area contributed by atoms with E-state index < -0.39 is 0 Å². The van der Waals surface area contributed by atoms with Gasteiger partial charge < -0.3 is 19.9 Å². The number of morpholine rings is 1. The van der Waals surface area contributed by atoms with Crippen LogP contribution in [0.2, 0.25) is 0 Å². The van der Waals surface area contributed by atoms with Gasteiger partial charge in [0.05, 0.1) is 24.3 Å². The van der Waals surface area contributed by atoms with Crippen molar-refractivity contribution < 1.29 is 9.53 Å². The SMILES string of the molecule is CC(C)Nc1ncccc1C(=O)N1CCO[C@H]2CCN(C)C[C@H]21. The molecule has 1 aromatic heterocycles. The average molecular weight is 318 g/mol. The van der Waals surface area contributed by atoms with E-state index in [1.807, 2.05) is 30.9 Å². The normalized spacial score (nSPS) is 25.3. The summed E-state index contributed by atoms with van der Waals surface area (Å²) in [5.74, 6) is 0.717. The second kappa shape index (κ2) is 6.84. The number of amides is 1. The lowest BCUT2D eigenvalue weighted by molar-refractivity contribution is -0.0869. The van der Waals surface area contributed by atoms with E-state index in [1.165, 1.54) is 0 Å². The second-order valence-corrected chi connectivity index (χ2v) is 6.72. The van der Waals surface area contributed by atoms with Crippen LogP contribution in [0.4, 0.5) is 5.82 Å². The van der Waals surface area contributed by atoms with E-state index in [4.69, 9.17) is 4.74 Å². The zero-order chi connectivity index (χ0) is 16.4. The van der Waals surface area contributed by atoms with E-state index in [9.17, 15) is 4.79 Å². The van der Waals surface area contributed by atoms with Gasteiger partial charge in [0.2, 0.25) is 0 Å². The molecule has 6 nitrogen and oxygen atoms in total. The maximum Gasteiger partial charge on any atom is 0.258 e. The molecule has 2 fully saturated rings. The predicted octanol–water partition coefficient (Wildman–Crippen LogP) is 1.45. The first-order chi connectivity index (χ1) is 11.1. The van der Waals surface area contributed by atoms with E-state index in [2.05, 4.69) is 22.2 Å². The van der Waals surface area contributed by atoms with E-state index in [0.29, 0.717) is 24.5 Å². The fourth-order valence-corrected chi connectivity index (χ4v) is 3.40. The van der Waals surface area contributed by atoms with Crippen molar-refractivity contribution in [3.05, 3.63) is 23.9 Å². The van der Waals surface area contributed by atoms with Crippen molar-refractivity contribution >= 4 is 11.7 Å². The highest BCUT2D eigenvalue weighted by Gasteiger charge is 2.39. The summed E-state index contributed by atoms with van der Waals surface area (Å²) in [5, 5.41) is 3.27. The molecule has 0 aromatic carbocycles. The highest BCUT2D eigenvalue weighted by molar-refractivity contribution is 5.99. The molecule has 3 rings (SSSR count). The van der Waals surface area contributed by atoms with Gasteiger partial charge in [0.15, 0.2) is 0 Å². The van der Waals surface area contributed by atoms with Gasteiger partial charge >= 0.3 is 0 Å². The second-order valence-electron chi connectivity index (χ2n) is 6.72. The van der Waals surface area contributed by atoms with Crippen LogP contribution in [-0.4, -0.2) is 72.2 Å². The molecule has 2 aliphatic heterocycles. The number of fused-ring (bicyclic) bond motifs is 1. The Labute approximate surface area is 137 Å². The minimum absolute atomic E-state index is 0.0508. The van der Waals surface area contributed by atoms with Crippen LogP contribution in [0.3, 0.4) is 0 Å². The molecule has 1 N–H and O–H groups in total. The molecule has 2 saturated heterocycles. The first-order valence-electron chi connectivity index (χ1n) is 8.39. The highest BCUT2D eigenvalue weighted by atomic mass is 16.5. The summed E-state index contributed by atoms with van der Waals surface area (Å²) in [5.41, 5.74) is 0.648. The van der Waals surface area contributed by atoms with Crippen molar-refractivity contribution in [2.45, 2.75) is 38.5 Å². The minimum atomic E-state index is 0.0508. The summed E-state index contributed by atoms with van der Waals surface area (Å²) >= 11 is 0. The first-order valence-corrected chi connectivity index (χ1v) is 8.39. The molecule has 0 aliphatic carbocycles. The molecule has 0 saturated carbocycles. The molecule has 2 atom stereocenters. The Morgan fingerprint density at radius 1 is 1.43 bits per heavy atom. The zero-order valence-corrected chi connectivity index (χ0v) is 14.2. The summed E-state index contributed by atoms with van der Waals surface area (Å²) < 4.78 is 5.89. The van der Waals surface area contributed by atoms with Crippen LogP contribution in [0.15, 0.2) is 18.3 Å². The lowest BCUT2D eigenvalue weighted by Gasteiger charge is -2.46. The van der Waals surface area contributed by atoms with Crippen LogP contribution in [-0.2, 0) is 4.74 Å². The number of piperidine rings is 1. The van der Waals surface area contributed by atoms with Gasteiger partial charge in [-0.2, -0.15) is 0 Å². The smallest absolute Gasteiger partial charge is 0.258 e. The third-order valence-corrected chi connectivity index (χ3v) is 4.51. The Morgan fingerprint density at radius 3 is 3.04 bits per heavy atom. The maximum atomic E-state index is 13.1. The van der Waals surface area contributed by atoms with Gasteiger partial charge in [0, 0.05) is 31.9 Å². The van der Waals surface area contributed by atoms with Gasteiger partial charge in [-0.05, 0) is 39.4 Å². The Kier molecular flexibility index (Phi) is 4.82. The number of hydrogen-bond donors (Lipinski definition) is 1. The van der Waals surface area contributed by atoms with Gasteiger partial charge in [0.25, 0.3) is 5.91 Å². The van der Waals surface area contributed by atoms with Crippen molar-refractivity contribution in [2.75, 3.05) is 38.6 Å². The van der Waals surface area contributed by atoms with Crippen molar-refractivity contribution in [3.8, 4) is 0 Å². The van der Waals surface area contributed by atoms with Crippen LogP contribution in [0.25, 0.3) is 0 Å². The number of pyridine rings is 1. The van der Waals surface area contributed by atoms with E-state index in [-0.39, 0.29) is 24.1 Å². The summed E-state index contributed by atoms with van der Waals surface area (Å²) in [7, 11) is 2.10. The van der Waals surface area contributed by atoms with Crippen LogP contribution < -0.4 is 5.32 Å². The third-order valence-electron chi connectivity index (χ3n) is 4.51. The minimum Gasteiger partial charge on any atom is -0.374 e. The van der Waals surface area contributed by atoms with Crippen LogP contribution in [0, 0.1) is 0 Å². The standard InChI is InChI=1S/C17H26N4O2/c1-12(2)19-16-13(5-4-7-18-16)17(22)21-9-10-23-15-6-8-20(3)11-14(15)21/h4-5,7,12,14-15H,6,8-11H2,1-3H3,(H,18,19)/t14-,15+/m1/s1. The number of anilines is 1. The monoisotopic (exact) mass is 318 g/mol. The van der Waals surface area contributed by atoms with Gasteiger partial charge in [0.1, 0.15) is 5.82 Å². The lowest BCUT2D eigenvalue weighted by Crippen LogP contribution is -2.60. The number of rotatable bonds is 3. The fraction of sp³-hybridized carbons (Fsp3) is 0.647. The molecule has 1 aromatic rings. The molecular weight excluding hydrogens is 292 g/mol. The molecule has 3 heterocycles. The first kappa shape index (κ1) is 16.2. The summed E-state index contributed by atoms with van der Waals surface area (Å²) in [6, 6.07) is 4.04. The van der Waals surface area contributed by atoms with E-state index >= 15 is 0 Å². The van der Waals surface area contributed by atoms with Crippen LogP contribution >= 0.6 is 0 Å². The molecule has 0 bridgehead atoms. The number of carbonyl (C=O) groups is 1. The molecule has 0 radical (unpaired) electrons. The Hall–Kier alpha value is -1.66. The molecule has 23 heavy (non-hydrogen) atoms. The van der Waals surface area contributed by atoms with Crippen LogP contribution in [0.1, 0.15) is 30.6 Å². The van der Waals surface area contributed by atoms with Crippen molar-refractivity contribution in [1.29, 1.82) is 0 Å². The number of hydrogen-bond acceptors (Lipinski definition) is 5. The Bertz CT molecular complexity index is 563. The predicted molar refractivity (Wildman–Crippen MR) is 89.7 cm³/mol. The third kappa shape index (κ3) is 3.48. The molecule has 126 valence electrons. The summed E-state index contributed by atoms with van der Waals surface area (Å²) in [6.07, 6.45) is 2.86. The lowest BCUT2D eigenvalue weighted by atomic mass is 9.98. The van der Waals surface area contributed by atoms with Gasteiger partial charge in [-0.3, -0.25) is 4.79 Å². The number of likely N-dealkylation sites (tertiary alicyclic amines) is 1. The summed E-state index contributed by atoms with van der Waals surface area (Å²) in [6.45, 7) is 7.24. The molecule has 0 spiro atoms. The molecule has 1 amide bonds. The molecule has 6 heteroatoms. The van der Waals surface area contributed by atoms with Gasteiger partial charge in [-0.25, -0.2) is 4.98 Å². The number of ether oxygens (including phenoxy) is 1. The average Bonchev–Trinajstić information content (AvgIpc) is 2.53. The van der Waals surface area contributed by atoms with Crippen molar-refractivity contribution in [3.63, 3.8) is 0 Å². The number of likely N-dealkylation sites (N-methyl/N-ethyl adjacent to an activating group) is 1. The largest absolute Gasteiger partial charge is 0.374 e. The zero-order valence-electron chi connectivity index (χ0n) is 14.2. The Morgan fingerprint density at radius 2 is 2.26 bits per heavy atom. The number of carbonyl (C=O) groups excluding carboxylic acids is 1. The molecular formula is C17H26N4O2. The van der Waals surface area contributed by atoms with Crippen molar-refractivity contribution in [1.82, 2.24) is 14.8 Å². The van der Waals surface area contributed by atoms with Gasteiger partial charge in [-0.15, -0.1) is 0 Å². The fourth-order valence-electron chi connectivity index (χ4n) is 3.40. The summed E-state index contributed by atoms with van der Waals surface area (Å²) in [4.78, 5) is 21.7. The van der Waals surface area contributed by atoms with Gasteiger partial charge in [-0.1, -0.05) is 0 Å². The quantitative estimate of drug-likeness (QED) is 0.914. The van der Waals surface area contributed by atoms with Crippen LogP contribution in [0.5, 0.6) is 0 Å². The number of aromatic nitrogens is 1. The maximum absolute atomic E-state index is 13.1. The number of nitrogens with zero attached hydrogens (tertiary/aromatic N) is 3. The topological polar surface area (TPSA) is 57.7 Å². The van der Waals surface area contributed by atoms with E-state index in [1.54, 1.807) is 6.20 Å². The highest BCUT2D eigenvalue weighted by Crippen LogP contribution is 2.25.